The van der Waals surface area contributed by atoms with Gasteiger partial charge in [0.2, 0.25) is 10.0 Å². The van der Waals surface area contributed by atoms with E-state index < -0.39 is 23.8 Å². The maximum Gasteiger partial charge on any atom is 0.305 e. The van der Waals surface area contributed by atoms with Gasteiger partial charge < -0.3 is 18.6 Å². The number of rotatable bonds is 14. The summed E-state index contributed by atoms with van der Waals surface area (Å²) in [6.45, 7) is 8.22. The fourth-order valence-corrected chi connectivity index (χ4v) is 14.9. The standard InChI is InChI=1S/C42H54ClNO7SSi/c1-41(2,3)53(34-15-7-5-8-16-34,35-17-9-6-10-18-35)50-29-36-37-26-31(14-13-19-39(45)48-4)27-42(37,28-38(36)51-40-20-11-12-25-49-40)30-44-52(46,47)33-23-21-32(43)22-24-33/h5-10,14-18,21-24,36-38,40,44H,11-13,19-20,25-30H2,1-4H3/t36-,37-,38-,40?,42+/m1/s1. The summed E-state index contributed by atoms with van der Waals surface area (Å²) in [6.07, 6.45) is 7.54. The summed E-state index contributed by atoms with van der Waals surface area (Å²) in [7, 11) is -5.31. The Morgan fingerprint density at radius 1 is 1.00 bits per heavy atom. The first-order valence-corrected chi connectivity index (χ1v) is 22.7. The van der Waals surface area contributed by atoms with E-state index in [1.54, 1.807) is 12.1 Å². The van der Waals surface area contributed by atoms with Gasteiger partial charge in [0, 0.05) is 37.1 Å². The van der Waals surface area contributed by atoms with Gasteiger partial charge in [0.05, 0.1) is 18.1 Å². The second-order valence-corrected chi connectivity index (χ2v) is 22.4. The number of hydrogen-bond acceptors (Lipinski definition) is 7. The molecule has 1 N–H and O–H groups in total. The maximum atomic E-state index is 13.7. The molecule has 6 rings (SSSR count). The first-order valence-electron chi connectivity index (χ1n) is 18.9. The van der Waals surface area contributed by atoms with Crippen LogP contribution in [-0.2, 0) is 33.5 Å². The number of halogens is 1. The molecule has 0 aromatic heterocycles. The van der Waals surface area contributed by atoms with Gasteiger partial charge in [-0.3, -0.25) is 4.79 Å². The zero-order valence-corrected chi connectivity index (χ0v) is 34.0. The number of fused-ring (bicyclic) bond motifs is 1. The van der Waals surface area contributed by atoms with Gasteiger partial charge in [-0.25, -0.2) is 13.1 Å². The maximum absolute atomic E-state index is 13.7. The van der Waals surface area contributed by atoms with Gasteiger partial charge in [-0.15, -0.1) is 0 Å². The topological polar surface area (TPSA) is 100 Å². The molecule has 53 heavy (non-hydrogen) atoms. The van der Waals surface area contributed by atoms with Crippen molar-refractivity contribution in [2.45, 2.75) is 94.5 Å². The molecule has 0 spiro atoms. The number of hydrogen-bond donors (Lipinski definition) is 1. The van der Waals surface area contributed by atoms with Crippen molar-refractivity contribution in [3.8, 4) is 0 Å². The summed E-state index contributed by atoms with van der Waals surface area (Å²) in [5, 5.41) is 2.68. The Balaban J connectivity index is 1.38. The Morgan fingerprint density at radius 2 is 1.66 bits per heavy atom. The van der Waals surface area contributed by atoms with Crippen molar-refractivity contribution in [1.29, 1.82) is 0 Å². The van der Waals surface area contributed by atoms with Crippen molar-refractivity contribution in [3.63, 3.8) is 0 Å². The molecule has 286 valence electrons. The molecule has 0 radical (unpaired) electrons. The Bertz CT molecular complexity index is 1770. The van der Waals surface area contributed by atoms with Gasteiger partial charge in [-0.05, 0) is 96.0 Å². The van der Waals surface area contributed by atoms with Crippen molar-refractivity contribution in [2.75, 3.05) is 26.9 Å². The number of esters is 1. The van der Waals surface area contributed by atoms with Crippen LogP contribution in [0.5, 0.6) is 0 Å². The lowest BCUT2D eigenvalue weighted by Gasteiger charge is -2.44. The molecule has 5 atom stereocenters. The van der Waals surface area contributed by atoms with Gasteiger partial charge in [0.15, 0.2) is 6.29 Å². The average molecular weight is 780 g/mol. The van der Waals surface area contributed by atoms with Gasteiger partial charge in [-0.1, -0.05) is 105 Å². The first kappa shape index (κ1) is 39.8. The monoisotopic (exact) mass is 779 g/mol. The van der Waals surface area contributed by atoms with E-state index >= 15 is 0 Å². The summed E-state index contributed by atoms with van der Waals surface area (Å²) in [5.41, 5.74) is 0.794. The number of sulfonamides is 1. The van der Waals surface area contributed by atoms with Crippen LogP contribution in [0.25, 0.3) is 0 Å². The van der Waals surface area contributed by atoms with Gasteiger partial charge in [0.1, 0.15) is 0 Å². The van der Waals surface area contributed by atoms with E-state index in [1.807, 2.05) is 12.1 Å². The molecule has 1 aliphatic heterocycles. The predicted molar refractivity (Wildman–Crippen MR) is 211 cm³/mol. The number of allylic oxidation sites excluding steroid dienone is 2. The molecule has 11 heteroatoms. The van der Waals surface area contributed by atoms with E-state index in [-0.39, 0.29) is 46.7 Å². The van der Waals surface area contributed by atoms with E-state index in [9.17, 15) is 13.2 Å². The summed E-state index contributed by atoms with van der Waals surface area (Å²) >= 11 is 6.10. The highest BCUT2D eigenvalue weighted by molar-refractivity contribution is 7.89. The predicted octanol–water partition coefficient (Wildman–Crippen LogP) is 7.40. The highest BCUT2D eigenvalue weighted by atomic mass is 35.5. The first-order chi connectivity index (χ1) is 25.4. The minimum atomic E-state index is -3.83. The fraction of sp³-hybridized carbons (Fsp3) is 0.500. The lowest BCUT2D eigenvalue weighted by Crippen LogP contribution is -2.67. The zero-order chi connectivity index (χ0) is 37.7. The largest absolute Gasteiger partial charge is 0.469 e. The molecular formula is C42H54ClNO7SSi. The second-order valence-electron chi connectivity index (χ2n) is 15.9. The molecule has 1 heterocycles. The quantitative estimate of drug-likeness (QED) is 0.103. The molecule has 0 bridgehead atoms. The molecule has 2 saturated carbocycles. The van der Waals surface area contributed by atoms with Crippen LogP contribution in [0.3, 0.4) is 0 Å². The van der Waals surface area contributed by atoms with Crippen LogP contribution in [0.2, 0.25) is 10.1 Å². The lowest BCUT2D eigenvalue weighted by molar-refractivity contribution is -0.198. The smallest absolute Gasteiger partial charge is 0.305 e. The number of carbonyl (C=O) groups is 1. The van der Waals surface area contributed by atoms with Gasteiger partial charge >= 0.3 is 5.97 Å². The minimum Gasteiger partial charge on any atom is -0.469 e. The number of ether oxygens (including phenoxy) is 3. The third-order valence-electron chi connectivity index (χ3n) is 11.6. The molecule has 0 amide bonds. The van der Waals surface area contributed by atoms with Gasteiger partial charge in [0.25, 0.3) is 8.32 Å². The normalized spacial score (nSPS) is 25.7. The second kappa shape index (κ2) is 16.9. The van der Waals surface area contributed by atoms with Crippen molar-refractivity contribution in [3.05, 3.63) is 102 Å². The number of methoxy groups -OCH3 is 1. The van der Waals surface area contributed by atoms with Crippen molar-refractivity contribution in [1.82, 2.24) is 4.72 Å². The van der Waals surface area contributed by atoms with Crippen LogP contribution >= 0.6 is 11.6 Å². The van der Waals surface area contributed by atoms with E-state index in [0.29, 0.717) is 43.9 Å². The fourth-order valence-electron chi connectivity index (χ4n) is 9.02. The van der Waals surface area contributed by atoms with Crippen molar-refractivity contribution in [2.24, 2.45) is 17.3 Å². The third kappa shape index (κ3) is 8.85. The van der Waals surface area contributed by atoms with E-state index in [2.05, 4.69) is 80.1 Å². The van der Waals surface area contributed by atoms with E-state index in [4.69, 9.17) is 30.2 Å². The molecule has 2 aliphatic carbocycles. The Kier molecular flexibility index (Phi) is 12.7. The molecule has 1 saturated heterocycles. The highest BCUT2D eigenvalue weighted by Crippen LogP contribution is 2.60. The Hall–Kier alpha value is -2.83. The number of nitrogens with one attached hydrogen (secondary N) is 1. The van der Waals surface area contributed by atoms with Crippen LogP contribution < -0.4 is 15.1 Å². The van der Waals surface area contributed by atoms with Crippen LogP contribution in [0.1, 0.15) is 72.1 Å². The molecule has 1 unspecified atom stereocenters. The Labute approximate surface area is 321 Å². The van der Waals surface area contributed by atoms with Gasteiger partial charge in [-0.2, -0.15) is 0 Å². The summed E-state index contributed by atoms with van der Waals surface area (Å²) in [4.78, 5) is 12.2. The molecular weight excluding hydrogens is 726 g/mol. The molecule has 8 nitrogen and oxygen atoms in total. The molecule has 3 aliphatic rings. The van der Waals surface area contributed by atoms with Crippen molar-refractivity contribution >= 4 is 46.3 Å². The zero-order valence-electron chi connectivity index (χ0n) is 31.4. The summed E-state index contributed by atoms with van der Waals surface area (Å²) in [6, 6.07) is 27.6. The number of carbonyl (C=O) groups excluding carboxylic acids is 1. The third-order valence-corrected chi connectivity index (χ3v) is 18.2. The highest BCUT2D eigenvalue weighted by Gasteiger charge is 2.59. The molecule has 3 aromatic rings. The minimum absolute atomic E-state index is 0.0336. The van der Waals surface area contributed by atoms with Crippen molar-refractivity contribution < 1.29 is 31.8 Å². The summed E-state index contributed by atoms with van der Waals surface area (Å²) in [5.74, 6) is -0.219. The molecule has 3 fully saturated rings. The number of benzene rings is 3. The lowest BCUT2D eigenvalue weighted by atomic mass is 9.78. The van der Waals surface area contributed by atoms with Crippen LogP contribution in [0.4, 0.5) is 0 Å². The van der Waals surface area contributed by atoms with E-state index in [1.165, 1.54) is 35.2 Å². The SMILES string of the molecule is COC(=O)CCC=C1C[C@@H]2[C@@H](CO[Si](c3ccccc3)(c3ccccc3)C(C)(C)C)[C@H](OC3CCCCO3)C[C@]2(CNS(=O)(=O)c2ccc(Cl)cc2)C1. The van der Waals surface area contributed by atoms with Crippen LogP contribution in [0.15, 0.2) is 101 Å². The van der Waals surface area contributed by atoms with Crippen LogP contribution in [-0.4, -0.2) is 62.0 Å². The van der Waals surface area contributed by atoms with E-state index in [0.717, 1.165) is 25.7 Å². The van der Waals surface area contributed by atoms with Crippen LogP contribution in [0, 0.1) is 17.3 Å². The molecule has 3 aromatic carbocycles. The Morgan fingerprint density at radius 3 is 2.25 bits per heavy atom. The average Bonchev–Trinajstić information content (AvgIpc) is 3.63. The summed E-state index contributed by atoms with van der Waals surface area (Å²) < 4.78 is 56.0.